The molecule has 0 radical (unpaired) electrons. The van der Waals surface area contributed by atoms with Crippen LogP contribution in [0.15, 0.2) is 47.6 Å². The fourth-order valence-electron chi connectivity index (χ4n) is 3.38. The number of anilines is 1. The van der Waals surface area contributed by atoms with Gasteiger partial charge < -0.3 is 30.0 Å². The van der Waals surface area contributed by atoms with Crippen LogP contribution in [0.25, 0.3) is 10.9 Å². The minimum absolute atomic E-state index is 0.170. The van der Waals surface area contributed by atoms with E-state index in [2.05, 4.69) is 20.6 Å². The molecule has 0 saturated heterocycles. The maximum absolute atomic E-state index is 12.4. The molecule has 0 spiro atoms. The second-order valence-corrected chi connectivity index (χ2v) is 11.1. The van der Waals surface area contributed by atoms with Crippen molar-refractivity contribution in [3.05, 3.63) is 53.2 Å². The lowest BCUT2D eigenvalue weighted by molar-refractivity contribution is 0.0562. The number of rotatable bonds is 5. The number of carbonyl (C=O) groups is 3. The Morgan fingerprint density at radius 1 is 0.951 bits per heavy atom. The molecule has 0 aliphatic carbocycles. The van der Waals surface area contributed by atoms with E-state index in [-0.39, 0.29) is 28.0 Å². The molecule has 0 unspecified atom stereocenters. The van der Waals surface area contributed by atoms with Crippen LogP contribution in [0.1, 0.15) is 51.9 Å². The maximum atomic E-state index is 12.4. The first kappa shape index (κ1) is 31.0. The normalized spacial score (nSPS) is 12.0. The number of carbonyl (C=O) groups excluding carboxylic acids is 3. The minimum atomic E-state index is -0.941. The van der Waals surface area contributed by atoms with Gasteiger partial charge in [-0.05, 0) is 65.8 Å². The van der Waals surface area contributed by atoms with Gasteiger partial charge in [0.25, 0.3) is 5.91 Å². The van der Waals surface area contributed by atoms with Crippen LogP contribution in [0.4, 0.5) is 15.3 Å². The lowest BCUT2D eigenvalue weighted by Gasteiger charge is -2.21. The smallest absolute Gasteiger partial charge is 0.437 e. The quantitative estimate of drug-likeness (QED) is 0.240. The molecule has 0 fully saturated rings. The molecule has 12 nitrogen and oxygen atoms in total. The highest BCUT2D eigenvalue weighted by Crippen LogP contribution is 2.35. The molecule has 218 valence electrons. The summed E-state index contributed by atoms with van der Waals surface area (Å²) in [5.41, 5.74) is 4.88. The highest BCUT2D eigenvalue weighted by Gasteiger charge is 2.21. The summed E-state index contributed by atoms with van der Waals surface area (Å²) < 4.78 is 21.8. The zero-order valence-corrected chi connectivity index (χ0v) is 24.5. The zero-order valence-electron chi connectivity index (χ0n) is 23.7. The summed E-state index contributed by atoms with van der Waals surface area (Å²) in [6, 6.07) is 9.41. The van der Waals surface area contributed by atoms with Crippen LogP contribution in [-0.2, 0) is 9.47 Å². The molecule has 3 amide bonds. The van der Waals surface area contributed by atoms with Gasteiger partial charge in [0.05, 0.1) is 28.9 Å². The van der Waals surface area contributed by atoms with Crippen molar-refractivity contribution in [1.29, 1.82) is 0 Å². The number of nitrogens with one attached hydrogen (secondary N) is 2. The van der Waals surface area contributed by atoms with E-state index >= 15 is 0 Å². The van der Waals surface area contributed by atoms with Crippen LogP contribution < -0.4 is 25.8 Å². The molecule has 4 N–H and O–H groups in total. The van der Waals surface area contributed by atoms with Crippen LogP contribution in [0, 0.1) is 0 Å². The summed E-state index contributed by atoms with van der Waals surface area (Å²) in [5.74, 6) is 0.0841. The van der Waals surface area contributed by atoms with Crippen LogP contribution in [0.3, 0.4) is 0 Å². The third-order valence-corrected chi connectivity index (χ3v) is 5.24. The first-order valence-corrected chi connectivity index (χ1v) is 12.7. The Bertz CT molecular complexity index is 1510. The lowest BCUT2D eigenvalue weighted by Crippen LogP contribution is -2.40. The van der Waals surface area contributed by atoms with Gasteiger partial charge in [-0.2, -0.15) is 0 Å². The molecule has 0 atom stereocenters. The second kappa shape index (κ2) is 12.3. The number of aliphatic imine (C=N–C) groups is 1. The van der Waals surface area contributed by atoms with E-state index in [9.17, 15) is 14.4 Å². The van der Waals surface area contributed by atoms with E-state index in [1.807, 2.05) is 0 Å². The number of aromatic nitrogens is 1. The first-order valence-electron chi connectivity index (χ1n) is 12.4. The fraction of sp³-hybridized carbons (Fsp3) is 0.321. The summed E-state index contributed by atoms with van der Waals surface area (Å²) in [4.78, 5) is 44.8. The van der Waals surface area contributed by atoms with Crippen LogP contribution in [-0.4, -0.2) is 47.3 Å². The van der Waals surface area contributed by atoms with Gasteiger partial charge in [0.1, 0.15) is 28.5 Å². The van der Waals surface area contributed by atoms with Crippen LogP contribution in [0.2, 0.25) is 5.02 Å². The molecule has 3 rings (SSSR count). The van der Waals surface area contributed by atoms with E-state index in [0.717, 1.165) is 0 Å². The summed E-state index contributed by atoms with van der Waals surface area (Å²) in [6.45, 7) is 10.1. The number of alkyl carbamates (subject to hydrolysis) is 1. The number of benzene rings is 2. The molecule has 1 heterocycles. The first-order chi connectivity index (χ1) is 19.0. The Morgan fingerprint density at radius 3 is 2.22 bits per heavy atom. The molecule has 41 heavy (non-hydrogen) atoms. The molecule has 2 aromatic carbocycles. The number of nitrogens with zero attached hydrogens (tertiary/aromatic N) is 2. The third kappa shape index (κ3) is 8.97. The van der Waals surface area contributed by atoms with E-state index in [1.54, 1.807) is 72.0 Å². The number of nitrogens with two attached hydrogens (primary N) is 1. The Hall–Kier alpha value is -4.58. The van der Waals surface area contributed by atoms with Gasteiger partial charge in [-0.3, -0.25) is 15.1 Å². The minimum Gasteiger partial charge on any atom is -0.496 e. The van der Waals surface area contributed by atoms with E-state index in [4.69, 9.17) is 36.3 Å². The predicted octanol–water partition coefficient (Wildman–Crippen LogP) is 6.02. The Morgan fingerprint density at radius 2 is 1.63 bits per heavy atom. The van der Waals surface area contributed by atoms with Crippen molar-refractivity contribution in [2.24, 2.45) is 10.7 Å². The van der Waals surface area contributed by atoms with Crippen LogP contribution >= 0.6 is 11.6 Å². The molecule has 1 aromatic heterocycles. The molecule has 0 aliphatic rings. The largest absolute Gasteiger partial charge is 0.496 e. The molecule has 13 heteroatoms. The highest BCUT2D eigenvalue weighted by molar-refractivity contribution is 6.34. The number of hydrogen-bond donors (Lipinski definition) is 3. The van der Waals surface area contributed by atoms with E-state index in [1.165, 1.54) is 19.2 Å². The van der Waals surface area contributed by atoms with Gasteiger partial charge in [-0.1, -0.05) is 11.6 Å². The maximum Gasteiger partial charge on any atom is 0.437 e. The van der Waals surface area contributed by atoms with Crippen molar-refractivity contribution in [3.63, 3.8) is 0 Å². The van der Waals surface area contributed by atoms with Crippen LogP contribution in [0.5, 0.6) is 17.2 Å². The van der Waals surface area contributed by atoms with Crippen molar-refractivity contribution in [1.82, 2.24) is 10.3 Å². The van der Waals surface area contributed by atoms with E-state index < -0.39 is 29.3 Å². The number of pyridine rings is 1. The Labute approximate surface area is 242 Å². The summed E-state index contributed by atoms with van der Waals surface area (Å²) in [6.07, 6.45) is -0.246. The van der Waals surface area contributed by atoms with Gasteiger partial charge in [-0.25, -0.2) is 9.59 Å². The number of guanidine groups is 1. The summed E-state index contributed by atoms with van der Waals surface area (Å²) in [7, 11) is 1.43. The monoisotopic (exact) mass is 585 g/mol. The standard InChI is InChI=1S/C28H32ClN5O7/c1-27(2,3)40-25(36)33-24(34-26(37)41-28(4,5)6)32-19-9-8-15(12-18(19)29)39-21-10-11-31-20-14-22(38-7)17(23(30)35)13-16(20)21/h8-14H,1-7H3,(H2,30,35)(H2,32,33,34,36,37). The van der Waals surface area contributed by atoms with Gasteiger partial charge in [0.2, 0.25) is 5.96 Å². The Kier molecular flexibility index (Phi) is 9.28. The average molecular weight is 586 g/mol. The van der Waals surface area contributed by atoms with Crippen molar-refractivity contribution in [3.8, 4) is 17.2 Å². The molecule has 0 bridgehead atoms. The molecule has 3 aromatic rings. The molecular weight excluding hydrogens is 554 g/mol. The van der Waals surface area contributed by atoms with Crippen molar-refractivity contribution in [2.45, 2.75) is 52.7 Å². The van der Waals surface area contributed by atoms with Gasteiger partial charge in [0.15, 0.2) is 0 Å². The van der Waals surface area contributed by atoms with Crippen molar-refractivity contribution < 1.29 is 33.3 Å². The number of primary amides is 1. The Balaban J connectivity index is 1.89. The number of halogens is 1. The third-order valence-electron chi connectivity index (χ3n) is 4.93. The van der Waals surface area contributed by atoms with Crippen molar-refractivity contribution >= 4 is 52.2 Å². The lowest BCUT2D eigenvalue weighted by atomic mass is 10.1. The molecule has 0 saturated carbocycles. The highest BCUT2D eigenvalue weighted by atomic mass is 35.5. The summed E-state index contributed by atoms with van der Waals surface area (Å²) >= 11 is 6.50. The molecular formula is C28H32ClN5O7. The fourth-order valence-corrected chi connectivity index (χ4v) is 3.60. The SMILES string of the molecule is COc1cc2nccc(Oc3ccc(N/C(=N\C(=O)OC(C)(C)C)NC(=O)OC(C)(C)C)c(Cl)c3)c2cc1C(N)=O. The second-order valence-electron chi connectivity index (χ2n) is 10.7. The van der Waals surface area contributed by atoms with Crippen molar-refractivity contribution in [2.75, 3.05) is 12.4 Å². The molecule has 0 aliphatic heterocycles. The number of methoxy groups -OCH3 is 1. The number of hydrogen-bond acceptors (Lipinski definition) is 8. The number of fused-ring (bicyclic) bond motifs is 1. The average Bonchev–Trinajstić information content (AvgIpc) is 2.82. The van der Waals surface area contributed by atoms with Gasteiger partial charge in [0, 0.05) is 23.7 Å². The summed E-state index contributed by atoms with van der Waals surface area (Å²) in [5, 5.41) is 5.90. The predicted molar refractivity (Wildman–Crippen MR) is 155 cm³/mol. The zero-order chi connectivity index (χ0) is 30.5. The van der Waals surface area contributed by atoms with E-state index in [0.29, 0.717) is 22.4 Å². The number of amides is 3. The van der Waals surface area contributed by atoms with Gasteiger partial charge in [-0.15, -0.1) is 4.99 Å². The number of ether oxygens (including phenoxy) is 4. The van der Waals surface area contributed by atoms with Gasteiger partial charge >= 0.3 is 12.2 Å². The topological polar surface area (TPSA) is 163 Å².